The third-order valence-corrected chi connectivity index (χ3v) is 3.70. The molecule has 0 aliphatic carbocycles. The van der Waals surface area contributed by atoms with Crippen molar-refractivity contribution in [3.63, 3.8) is 0 Å². The molecule has 0 aromatic carbocycles. The average Bonchev–Trinajstić information content (AvgIpc) is 2.53. The standard InChI is InChI=1S/C12H24N2O6S2/c1-4-9(7-15)20-11(18-2)8-19-12(17)13-6-5-10(16)14-22-21-3/h9,11,15H,4-8H2,1-3H3,(H,13,17)(H,14,16). The maximum Gasteiger partial charge on any atom is 0.407 e. The first-order valence-electron chi connectivity index (χ1n) is 6.75. The number of carbonyl (C=O) groups is 2. The lowest BCUT2D eigenvalue weighted by molar-refractivity contribution is -0.181. The summed E-state index contributed by atoms with van der Waals surface area (Å²) in [6.45, 7) is 1.80. The van der Waals surface area contributed by atoms with Gasteiger partial charge in [0.2, 0.25) is 5.91 Å². The highest BCUT2D eigenvalue weighted by Crippen LogP contribution is 2.11. The van der Waals surface area contributed by atoms with Crippen molar-refractivity contribution in [1.29, 1.82) is 0 Å². The second-order valence-electron chi connectivity index (χ2n) is 4.06. The van der Waals surface area contributed by atoms with Crippen molar-refractivity contribution in [1.82, 2.24) is 10.0 Å². The Morgan fingerprint density at radius 1 is 1.36 bits per heavy atom. The van der Waals surface area contributed by atoms with Gasteiger partial charge in [-0.15, -0.1) is 0 Å². The van der Waals surface area contributed by atoms with E-state index in [1.54, 1.807) is 0 Å². The van der Waals surface area contributed by atoms with Gasteiger partial charge in [-0.2, -0.15) is 0 Å². The summed E-state index contributed by atoms with van der Waals surface area (Å²) < 4.78 is 17.9. The van der Waals surface area contributed by atoms with E-state index in [9.17, 15) is 9.59 Å². The van der Waals surface area contributed by atoms with Gasteiger partial charge in [-0.25, -0.2) is 4.79 Å². The molecule has 8 nitrogen and oxygen atoms in total. The Morgan fingerprint density at radius 3 is 2.64 bits per heavy atom. The van der Waals surface area contributed by atoms with E-state index in [0.717, 1.165) is 0 Å². The summed E-state index contributed by atoms with van der Waals surface area (Å²) in [5.74, 6) is -0.175. The van der Waals surface area contributed by atoms with E-state index in [4.69, 9.17) is 19.3 Å². The van der Waals surface area contributed by atoms with E-state index >= 15 is 0 Å². The summed E-state index contributed by atoms with van der Waals surface area (Å²) in [5, 5.41) is 11.5. The van der Waals surface area contributed by atoms with Crippen molar-refractivity contribution >= 4 is 33.8 Å². The third kappa shape index (κ3) is 11.0. The number of aliphatic hydroxyl groups is 1. The van der Waals surface area contributed by atoms with Crippen LogP contribution in [0.4, 0.5) is 4.79 Å². The van der Waals surface area contributed by atoms with Gasteiger partial charge in [0, 0.05) is 31.1 Å². The normalized spacial score (nSPS) is 13.3. The number of nitrogens with one attached hydrogen (secondary N) is 2. The first-order valence-corrected chi connectivity index (χ1v) is 9.31. The van der Waals surface area contributed by atoms with Crippen molar-refractivity contribution in [3.8, 4) is 0 Å². The zero-order valence-electron chi connectivity index (χ0n) is 13.0. The lowest BCUT2D eigenvalue weighted by Gasteiger charge is -2.21. The van der Waals surface area contributed by atoms with Crippen molar-refractivity contribution in [3.05, 3.63) is 0 Å². The Labute approximate surface area is 138 Å². The van der Waals surface area contributed by atoms with Crippen molar-refractivity contribution < 1.29 is 28.9 Å². The molecule has 130 valence electrons. The molecule has 3 N–H and O–H groups in total. The predicted molar refractivity (Wildman–Crippen MR) is 86.3 cm³/mol. The lowest BCUT2D eigenvalue weighted by Crippen LogP contribution is -2.34. The minimum atomic E-state index is -0.746. The summed E-state index contributed by atoms with van der Waals surface area (Å²) in [6, 6.07) is 0. The van der Waals surface area contributed by atoms with Crippen LogP contribution in [-0.4, -0.2) is 62.6 Å². The number of rotatable bonds is 12. The summed E-state index contributed by atoms with van der Waals surface area (Å²) >= 11 is 0. The summed E-state index contributed by atoms with van der Waals surface area (Å²) in [5.41, 5.74) is 0. The SMILES string of the molecule is CCC(CO)OC(COC(=O)NCCC(=O)NSSC)OC. The predicted octanol–water partition coefficient (Wildman–Crippen LogP) is 0.905. The fourth-order valence-electron chi connectivity index (χ4n) is 1.26. The molecule has 0 bridgehead atoms. The number of alkyl carbamates (subject to hydrolysis) is 1. The molecule has 0 aliphatic rings. The maximum atomic E-state index is 11.4. The molecule has 2 atom stereocenters. The van der Waals surface area contributed by atoms with Gasteiger partial charge in [0.15, 0.2) is 6.29 Å². The van der Waals surface area contributed by atoms with Crippen LogP contribution < -0.4 is 10.0 Å². The summed E-state index contributed by atoms with van der Waals surface area (Å²) in [7, 11) is 4.06. The summed E-state index contributed by atoms with van der Waals surface area (Å²) in [6.07, 6.45) is 0.849. The van der Waals surface area contributed by atoms with E-state index in [2.05, 4.69) is 10.0 Å². The van der Waals surface area contributed by atoms with Crippen LogP contribution in [0.2, 0.25) is 0 Å². The van der Waals surface area contributed by atoms with Gasteiger partial charge in [-0.1, -0.05) is 17.7 Å². The Balaban J connectivity index is 3.84. The molecule has 2 unspecified atom stereocenters. The fraction of sp³-hybridized carbons (Fsp3) is 0.833. The summed E-state index contributed by atoms with van der Waals surface area (Å²) in [4.78, 5) is 22.7. The van der Waals surface area contributed by atoms with E-state index < -0.39 is 12.4 Å². The van der Waals surface area contributed by atoms with Gasteiger partial charge in [-0.3, -0.25) is 9.52 Å². The van der Waals surface area contributed by atoms with Gasteiger partial charge in [0.25, 0.3) is 0 Å². The number of methoxy groups -OCH3 is 1. The first kappa shape index (κ1) is 21.3. The largest absolute Gasteiger partial charge is 0.444 e. The molecule has 10 heteroatoms. The topological polar surface area (TPSA) is 106 Å². The highest BCUT2D eigenvalue weighted by atomic mass is 33.1. The molecule has 0 aromatic heterocycles. The van der Waals surface area contributed by atoms with Crippen molar-refractivity contribution in [2.24, 2.45) is 0 Å². The van der Waals surface area contributed by atoms with E-state index in [1.807, 2.05) is 13.2 Å². The van der Waals surface area contributed by atoms with Crippen LogP contribution in [0.1, 0.15) is 19.8 Å². The van der Waals surface area contributed by atoms with Crippen molar-refractivity contribution in [2.75, 3.05) is 33.1 Å². The monoisotopic (exact) mass is 356 g/mol. The molecule has 0 saturated carbocycles. The number of amides is 2. The van der Waals surface area contributed by atoms with Crippen LogP contribution in [-0.2, 0) is 19.0 Å². The zero-order valence-corrected chi connectivity index (χ0v) is 14.6. The molecule has 0 spiro atoms. The molecule has 0 aliphatic heterocycles. The minimum absolute atomic E-state index is 0.104. The zero-order chi connectivity index (χ0) is 16.8. The third-order valence-electron chi connectivity index (χ3n) is 2.48. The molecule has 22 heavy (non-hydrogen) atoms. The average molecular weight is 356 g/mol. The number of aliphatic hydroxyl groups excluding tert-OH is 1. The number of hydrogen-bond donors (Lipinski definition) is 3. The molecular formula is C12H24N2O6S2. The Morgan fingerprint density at radius 2 is 2.09 bits per heavy atom. The maximum absolute atomic E-state index is 11.4. The molecule has 0 saturated heterocycles. The quantitative estimate of drug-likeness (QED) is 0.269. The molecule has 0 rings (SSSR count). The van der Waals surface area contributed by atoms with Crippen LogP contribution >= 0.6 is 21.8 Å². The number of hydrogen-bond acceptors (Lipinski definition) is 8. The van der Waals surface area contributed by atoms with Gasteiger partial charge in [0.1, 0.15) is 6.61 Å². The molecular weight excluding hydrogens is 332 g/mol. The lowest BCUT2D eigenvalue weighted by atomic mass is 10.3. The van der Waals surface area contributed by atoms with Crippen LogP contribution in [0.25, 0.3) is 0 Å². The van der Waals surface area contributed by atoms with E-state index in [1.165, 1.54) is 28.9 Å². The molecule has 0 aromatic rings. The van der Waals surface area contributed by atoms with Gasteiger partial charge < -0.3 is 24.6 Å². The van der Waals surface area contributed by atoms with Crippen LogP contribution in [0.5, 0.6) is 0 Å². The van der Waals surface area contributed by atoms with Crippen molar-refractivity contribution in [2.45, 2.75) is 32.2 Å². The van der Waals surface area contributed by atoms with Crippen LogP contribution in [0, 0.1) is 0 Å². The second-order valence-corrected chi connectivity index (χ2v) is 6.27. The molecule has 0 radical (unpaired) electrons. The Hall–Kier alpha value is -0.680. The highest BCUT2D eigenvalue weighted by Gasteiger charge is 2.16. The van der Waals surface area contributed by atoms with Gasteiger partial charge in [-0.05, 0) is 12.7 Å². The number of ether oxygens (including phenoxy) is 3. The second kappa shape index (κ2) is 13.9. The Bertz CT molecular complexity index is 318. The minimum Gasteiger partial charge on any atom is -0.444 e. The molecule has 0 heterocycles. The molecule has 2 amide bonds. The van der Waals surface area contributed by atoms with E-state index in [-0.39, 0.29) is 38.2 Å². The fourth-order valence-corrected chi connectivity index (χ4v) is 2.07. The van der Waals surface area contributed by atoms with E-state index in [0.29, 0.717) is 6.42 Å². The van der Waals surface area contributed by atoms with Crippen LogP contribution in [0.15, 0.2) is 0 Å². The first-order chi connectivity index (χ1) is 10.6. The number of carbonyl (C=O) groups excluding carboxylic acids is 2. The molecule has 0 fully saturated rings. The van der Waals surface area contributed by atoms with Gasteiger partial charge in [0.05, 0.1) is 12.7 Å². The Kier molecular flexibility index (Phi) is 13.5. The van der Waals surface area contributed by atoms with Crippen LogP contribution in [0.3, 0.4) is 0 Å². The van der Waals surface area contributed by atoms with Gasteiger partial charge >= 0.3 is 6.09 Å². The highest BCUT2D eigenvalue weighted by molar-refractivity contribution is 8.75. The smallest absolute Gasteiger partial charge is 0.407 e.